The van der Waals surface area contributed by atoms with Gasteiger partial charge in [0.25, 0.3) is 5.91 Å². The van der Waals surface area contributed by atoms with Crippen LogP contribution in [0.2, 0.25) is 0 Å². The molecular weight excluding hydrogens is 331 g/mol. The number of nitrogens with zero attached hydrogens (tertiary/aromatic N) is 2. The highest BCUT2D eigenvalue weighted by Crippen LogP contribution is 2.05. The Hall–Kier alpha value is -3.28. The fraction of sp³-hybridized carbons (Fsp3) is 0.150. The standard InChI is InChI=1S/C20H19FN4O/c21-17-8-6-16(7-9-17)12-25-20(26)18-13-24-19(14-23-18)22-11-10-15-4-2-1-3-5-15/h1-9,13-14H,10-12H2,(H,22,24)(H,25,26). The van der Waals surface area contributed by atoms with E-state index in [0.29, 0.717) is 12.4 Å². The lowest BCUT2D eigenvalue weighted by Crippen LogP contribution is -2.24. The van der Waals surface area contributed by atoms with Gasteiger partial charge in [0.2, 0.25) is 0 Å². The topological polar surface area (TPSA) is 66.9 Å². The van der Waals surface area contributed by atoms with E-state index < -0.39 is 0 Å². The highest BCUT2D eigenvalue weighted by atomic mass is 19.1. The molecule has 5 nitrogen and oxygen atoms in total. The van der Waals surface area contributed by atoms with E-state index in [2.05, 4.69) is 32.7 Å². The van der Waals surface area contributed by atoms with Crippen molar-refractivity contribution in [2.24, 2.45) is 0 Å². The first-order valence-electron chi connectivity index (χ1n) is 8.33. The number of benzene rings is 2. The summed E-state index contributed by atoms with van der Waals surface area (Å²) in [4.78, 5) is 20.4. The molecule has 0 bridgehead atoms. The molecule has 0 aliphatic rings. The lowest BCUT2D eigenvalue weighted by atomic mass is 10.1. The van der Waals surface area contributed by atoms with Gasteiger partial charge in [-0.05, 0) is 29.7 Å². The van der Waals surface area contributed by atoms with E-state index in [1.165, 1.54) is 30.1 Å². The number of nitrogens with one attached hydrogen (secondary N) is 2. The van der Waals surface area contributed by atoms with Gasteiger partial charge < -0.3 is 10.6 Å². The number of carbonyl (C=O) groups excluding carboxylic acids is 1. The number of halogens is 1. The molecule has 2 aromatic carbocycles. The molecule has 2 N–H and O–H groups in total. The zero-order chi connectivity index (χ0) is 18.2. The first-order valence-corrected chi connectivity index (χ1v) is 8.33. The van der Waals surface area contributed by atoms with E-state index >= 15 is 0 Å². The first-order chi connectivity index (χ1) is 12.7. The van der Waals surface area contributed by atoms with Gasteiger partial charge in [-0.15, -0.1) is 0 Å². The Balaban J connectivity index is 1.47. The molecule has 0 aliphatic carbocycles. The van der Waals surface area contributed by atoms with Crippen molar-refractivity contribution in [2.75, 3.05) is 11.9 Å². The van der Waals surface area contributed by atoms with Gasteiger partial charge >= 0.3 is 0 Å². The molecular formula is C20H19FN4O. The summed E-state index contributed by atoms with van der Waals surface area (Å²) in [5.41, 5.74) is 2.29. The van der Waals surface area contributed by atoms with E-state index in [1.54, 1.807) is 12.1 Å². The van der Waals surface area contributed by atoms with Crippen LogP contribution >= 0.6 is 0 Å². The average Bonchev–Trinajstić information content (AvgIpc) is 2.69. The summed E-state index contributed by atoms with van der Waals surface area (Å²) in [5.74, 6) is -0.00466. The first kappa shape index (κ1) is 17.5. The number of aromatic nitrogens is 2. The second-order valence-corrected chi connectivity index (χ2v) is 5.76. The Morgan fingerprint density at radius 3 is 2.38 bits per heavy atom. The number of hydrogen-bond donors (Lipinski definition) is 2. The van der Waals surface area contributed by atoms with Gasteiger partial charge in [-0.1, -0.05) is 42.5 Å². The molecule has 1 heterocycles. The van der Waals surface area contributed by atoms with Gasteiger partial charge in [-0.25, -0.2) is 14.4 Å². The summed E-state index contributed by atoms with van der Waals surface area (Å²) in [6.07, 6.45) is 3.85. The van der Waals surface area contributed by atoms with Crippen molar-refractivity contribution in [2.45, 2.75) is 13.0 Å². The van der Waals surface area contributed by atoms with Crippen LogP contribution in [0.5, 0.6) is 0 Å². The minimum absolute atomic E-state index is 0.237. The zero-order valence-electron chi connectivity index (χ0n) is 14.2. The predicted molar refractivity (Wildman–Crippen MR) is 98.2 cm³/mol. The van der Waals surface area contributed by atoms with Gasteiger partial charge in [0.05, 0.1) is 12.4 Å². The fourth-order valence-corrected chi connectivity index (χ4v) is 2.39. The number of carbonyl (C=O) groups is 1. The minimum Gasteiger partial charge on any atom is -0.368 e. The quantitative estimate of drug-likeness (QED) is 0.687. The zero-order valence-corrected chi connectivity index (χ0v) is 14.2. The van der Waals surface area contributed by atoms with Gasteiger partial charge in [0.15, 0.2) is 0 Å². The molecule has 0 spiro atoms. The van der Waals surface area contributed by atoms with Crippen molar-refractivity contribution in [3.63, 3.8) is 0 Å². The molecule has 3 rings (SSSR count). The van der Waals surface area contributed by atoms with Crippen LogP contribution in [0.4, 0.5) is 10.2 Å². The van der Waals surface area contributed by atoms with Crippen molar-refractivity contribution >= 4 is 11.7 Å². The van der Waals surface area contributed by atoms with Crippen molar-refractivity contribution in [1.82, 2.24) is 15.3 Å². The van der Waals surface area contributed by atoms with Crippen LogP contribution in [-0.2, 0) is 13.0 Å². The number of amides is 1. The average molecular weight is 350 g/mol. The molecule has 0 fully saturated rings. The van der Waals surface area contributed by atoms with Gasteiger partial charge in [0.1, 0.15) is 17.3 Å². The molecule has 0 atom stereocenters. The SMILES string of the molecule is O=C(NCc1ccc(F)cc1)c1cnc(NCCc2ccccc2)cn1. The molecule has 0 saturated heterocycles. The summed E-state index contributed by atoms with van der Waals surface area (Å²) in [6.45, 7) is 1.03. The van der Waals surface area contributed by atoms with Crippen LogP contribution in [0.3, 0.4) is 0 Å². The molecule has 1 amide bonds. The van der Waals surface area contributed by atoms with Crippen LogP contribution in [0.1, 0.15) is 21.6 Å². The highest BCUT2D eigenvalue weighted by molar-refractivity contribution is 5.91. The van der Waals surface area contributed by atoms with Crippen molar-refractivity contribution in [3.8, 4) is 0 Å². The van der Waals surface area contributed by atoms with Gasteiger partial charge in [-0.3, -0.25) is 4.79 Å². The summed E-state index contributed by atoms with van der Waals surface area (Å²) in [7, 11) is 0. The van der Waals surface area contributed by atoms with E-state index in [9.17, 15) is 9.18 Å². The Bertz CT molecular complexity index is 836. The van der Waals surface area contributed by atoms with Crippen LogP contribution in [0, 0.1) is 5.82 Å². The van der Waals surface area contributed by atoms with E-state index in [0.717, 1.165) is 18.5 Å². The normalized spacial score (nSPS) is 10.3. The van der Waals surface area contributed by atoms with Crippen LogP contribution in [0.25, 0.3) is 0 Å². The smallest absolute Gasteiger partial charge is 0.271 e. The molecule has 6 heteroatoms. The molecule has 132 valence electrons. The van der Waals surface area contributed by atoms with Gasteiger partial charge in [-0.2, -0.15) is 0 Å². The maximum absolute atomic E-state index is 12.9. The molecule has 26 heavy (non-hydrogen) atoms. The number of hydrogen-bond acceptors (Lipinski definition) is 4. The minimum atomic E-state index is -0.322. The Labute approximate surface area is 151 Å². The summed E-state index contributed by atoms with van der Waals surface area (Å²) in [5, 5.41) is 5.92. The van der Waals surface area contributed by atoms with Crippen molar-refractivity contribution < 1.29 is 9.18 Å². The molecule has 3 aromatic rings. The van der Waals surface area contributed by atoms with E-state index in [1.807, 2.05) is 18.2 Å². The molecule has 0 saturated carbocycles. The predicted octanol–water partition coefficient (Wildman–Crippen LogP) is 3.20. The second kappa shape index (κ2) is 8.71. The Morgan fingerprint density at radius 2 is 1.69 bits per heavy atom. The third-order valence-corrected chi connectivity index (χ3v) is 3.81. The van der Waals surface area contributed by atoms with Crippen molar-refractivity contribution in [1.29, 1.82) is 0 Å². The number of rotatable bonds is 7. The summed E-state index contributed by atoms with van der Waals surface area (Å²) in [6, 6.07) is 16.1. The van der Waals surface area contributed by atoms with E-state index in [4.69, 9.17) is 0 Å². The molecule has 0 unspecified atom stereocenters. The van der Waals surface area contributed by atoms with Crippen molar-refractivity contribution in [3.05, 3.63) is 89.6 Å². The lowest BCUT2D eigenvalue weighted by Gasteiger charge is -2.07. The third-order valence-electron chi connectivity index (χ3n) is 3.81. The fourth-order valence-electron chi connectivity index (χ4n) is 2.39. The van der Waals surface area contributed by atoms with Crippen LogP contribution in [0.15, 0.2) is 67.0 Å². The molecule has 0 aliphatic heterocycles. The van der Waals surface area contributed by atoms with Crippen LogP contribution in [-0.4, -0.2) is 22.4 Å². The summed E-state index contributed by atoms with van der Waals surface area (Å²) < 4.78 is 12.9. The number of anilines is 1. The third kappa shape index (κ3) is 5.11. The summed E-state index contributed by atoms with van der Waals surface area (Å²) >= 11 is 0. The molecule has 1 aromatic heterocycles. The lowest BCUT2D eigenvalue weighted by molar-refractivity contribution is 0.0945. The van der Waals surface area contributed by atoms with E-state index in [-0.39, 0.29) is 17.4 Å². The second-order valence-electron chi connectivity index (χ2n) is 5.76. The maximum atomic E-state index is 12.9. The highest BCUT2D eigenvalue weighted by Gasteiger charge is 2.08. The Morgan fingerprint density at radius 1 is 0.923 bits per heavy atom. The maximum Gasteiger partial charge on any atom is 0.271 e. The van der Waals surface area contributed by atoms with Crippen LogP contribution < -0.4 is 10.6 Å². The largest absolute Gasteiger partial charge is 0.368 e. The van der Waals surface area contributed by atoms with Gasteiger partial charge in [0, 0.05) is 13.1 Å². The Kier molecular flexibility index (Phi) is 5.88. The monoisotopic (exact) mass is 350 g/mol. The molecule has 0 radical (unpaired) electrons.